The molecule has 3 aliphatic rings. The molecule has 0 aromatic heterocycles. The molecule has 0 spiro atoms. The maximum atomic E-state index is 12.3. The number of piperidine rings is 1. The van der Waals surface area contributed by atoms with Crippen LogP contribution in [0.1, 0.15) is 65.7 Å². The molecule has 6 heteroatoms. The van der Waals surface area contributed by atoms with Crippen molar-refractivity contribution in [1.82, 2.24) is 9.80 Å². The number of aliphatic carboxylic acids is 1. The monoisotopic (exact) mass is 352 g/mol. The smallest absolute Gasteiger partial charge is 0.410 e. The summed E-state index contributed by atoms with van der Waals surface area (Å²) in [6.45, 7) is 7.46. The second kappa shape index (κ2) is 6.78. The van der Waals surface area contributed by atoms with Crippen LogP contribution in [0.15, 0.2) is 0 Å². The van der Waals surface area contributed by atoms with Crippen molar-refractivity contribution in [2.75, 3.05) is 19.6 Å². The molecular weight excluding hydrogens is 320 g/mol. The molecule has 2 aliphatic heterocycles. The Balaban J connectivity index is 1.72. The van der Waals surface area contributed by atoms with Gasteiger partial charge in [0, 0.05) is 19.1 Å². The van der Waals surface area contributed by atoms with Crippen LogP contribution in [0.3, 0.4) is 0 Å². The Morgan fingerprint density at radius 3 is 2.40 bits per heavy atom. The number of carbonyl (C=O) groups excluding carboxylic acids is 1. The number of hydrogen-bond acceptors (Lipinski definition) is 4. The van der Waals surface area contributed by atoms with Crippen LogP contribution < -0.4 is 0 Å². The largest absolute Gasteiger partial charge is 0.481 e. The molecule has 2 unspecified atom stereocenters. The van der Waals surface area contributed by atoms with Crippen molar-refractivity contribution in [1.29, 1.82) is 0 Å². The lowest BCUT2D eigenvalue weighted by Crippen LogP contribution is -2.75. The van der Waals surface area contributed by atoms with Gasteiger partial charge in [0.25, 0.3) is 0 Å². The first-order valence-electron chi connectivity index (χ1n) is 9.67. The number of ether oxygens (including phenoxy) is 1. The van der Waals surface area contributed by atoms with Crippen LogP contribution in [-0.4, -0.2) is 63.8 Å². The Labute approximate surface area is 150 Å². The Bertz CT molecular complexity index is 520. The summed E-state index contributed by atoms with van der Waals surface area (Å²) in [6.07, 6.45) is 7.13. The third-order valence-corrected chi connectivity index (χ3v) is 5.95. The molecule has 0 aromatic rings. The molecule has 0 aromatic carbocycles. The van der Waals surface area contributed by atoms with E-state index in [1.807, 2.05) is 20.8 Å². The first-order chi connectivity index (χ1) is 11.7. The zero-order chi connectivity index (χ0) is 18.2. The topological polar surface area (TPSA) is 70.1 Å². The van der Waals surface area contributed by atoms with Gasteiger partial charge in [-0.3, -0.25) is 9.69 Å². The average Bonchev–Trinajstić information content (AvgIpc) is 2.48. The van der Waals surface area contributed by atoms with Gasteiger partial charge < -0.3 is 14.7 Å². The Morgan fingerprint density at radius 2 is 1.76 bits per heavy atom. The molecule has 0 radical (unpaired) electrons. The lowest BCUT2D eigenvalue weighted by molar-refractivity contribution is -0.152. The number of amides is 1. The van der Waals surface area contributed by atoms with Crippen LogP contribution in [0.25, 0.3) is 0 Å². The molecule has 3 rings (SSSR count). The first kappa shape index (κ1) is 18.5. The van der Waals surface area contributed by atoms with E-state index in [4.69, 9.17) is 4.74 Å². The number of likely N-dealkylation sites (tertiary alicyclic amines) is 2. The molecule has 2 saturated heterocycles. The highest BCUT2D eigenvalue weighted by atomic mass is 16.6. The molecule has 25 heavy (non-hydrogen) atoms. The van der Waals surface area contributed by atoms with Gasteiger partial charge in [0.2, 0.25) is 0 Å². The summed E-state index contributed by atoms with van der Waals surface area (Å²) in [5, 5.41) is 9.49. The zero-order valence-electron chi connectivity index (χ0n) is 15.8. The van der Waals surface area contributed by atoms with E-state index in [1.54, 1.807) is 4.90 Å². The molecular formula is C19H32N2O4. The number of carboxylic acids is 1. The van der Waals surface area contributed by atoms with Crippen molar-refractivity contribution in [3.63, 3.8) is 0 Å². The summed E-state index contributed by atoms with van der Waals surface area (Å²) in [4.78, 5) is 28.0. The summed E-state index contributed by atoms with van der Waals surface area (Å²) in [6, 6.07) is 0.489. The van der Waals surface area contributed by atoms with Crippen LogP contribution >= 0.6 is 0 Å². The van der Waals surface area contributed by atoms with Gasteiger partial charge in [0.05, 0.1) is 12.0 Å². The molecule has 6 nitrogen and oxygen atoms in total. The van der Waals surface area contributed by atoms with Gasteiger partial charge in [-0.25, -0.2) is 4.79 Å². The van der Waals surface area contributed by atoms with E-state index in [0.29, 0.717) is 25.0 Å². The van der Waals surface area contributed by atoms with Crippen molar-refractivity contribution >= 4 is 12.1 Å². The number of rotatable bonds is 3. The normalized spacial score (nSPS) is 29.5. The minimum atomic E-state index is -0.776. The Morgan fingerprint density at radius 1 is 1.12 bits per heavy atom. The van der Waals surface area contributed by atoms with Gasteiger partial charge in [-0.05, 0) is 58.9 Å². The highest BCUT2D eigenvalue weighted by molar-refractivity contribution is 5.73. The van der Waals surface area contributed by atoms with Gasteiger partial charge in [0.15, 0.2) is 0 Å². The van der Waals surface area contributed by atoms with Crippen molar-refractivity contribution < 1.29 is 19.4 Å². The van der Waals surface area contributed by atoms with Gasteiger partial charge in [-0.2, -0.15) is 0 Å². The average molecular weight is 352 g/mol. The second-order valence-electron chi connectivity index (χ2n) is 9.08. The van der Waals surface area contributed by atoms with Crippen molar-refractivity contribution in [3.05, 3.63) is 0 Å². The van der Waals surface area contributed by atoms with E-state index in [1.165, 1.54) is 32.1 Å². The van der Waals surface area contributed by atoms with E-state index in [-0.39, 0.29) is 12.5 Å². The van der Waals surface area contributed by atoms with Crippen molar-refractivity contribution in [3.8, 4) is 0 Å². The summed E-state index contributed by atoms with van der Waals surface area (Å²) in [7, 11) is 0. The van der Waals surface area contributed by atoms with E-state index in [9.17, 15) is 14.7 Å². The lowest BCUT2D eigenvalue weighted by Gasteiger charge is -2.60. The third-order valence-electron chi connectivity index (χ3n) is 5.95. The molecule has 3 fully saturated rings. The molecule has 142 valence electrons. The lowest BCUT2D eigenvalue weighted by atomic mass is 9.73. The number of carbonyl (C=O) groups is 2. The SMILES string of the molecule is CC(C)(C)OC(=O)N1CC(CC(=O)O)(N2CCCC3CCCCC32)C1. The summed E-state index contributed by atoms with van der Waals surface area (Å²) < 4.78 is 5.45. The maximum Gasteiger partial charge on any atom is 0.410 e. The van der Waals surface area contributed by atoms with E-state index in [2.05, 4.69) is 4.90 Å². The number of nitrogens with zero attached hydrogens (tertiary/aromatic N) is 2. The fourth-order valence-electron chi connectivity index (χ4n) is 5.01. The van der Waals surface area contributed by atoms with Crippen molar-refractivity contribution in [2.45, 2.75) is 82.9 Å². The van der Waals surface area contributed by atoms with Crippen LogP contribution in [0.5, 0.6) is 0 Å². The fraction of sp³-hybridized carbons (Fsp3) is 0.895. The number of carboxylic acid groups (broad SMARTS) is 1. The van der Waals surface area contributed by atoms with Crippen LogP contribution in [0.2, 0.25) is 0 Å². The van der Waals surface area contributed by atoms with Gasteiger partial charge in [-0.1, -0.05) is 12.8 Å². The molecule has 1 amide bonds. The van der Waals surface area contributed by atoms with Crippen LogP contribution in [0, 0.1) is 5.92 Å². The quantitative estimate of drug-likeness (QED) is 0.845. The third kappa shape index (κ3) is 3.94. The molecule has 1 saturated carbocycles. The van der Waals surface area contributed by atoms with Crippen LogP contribution in [0.4, 0.5) is 4.79 Å². The first-order valence-corrected chi connectivity index (χ1v) is 9.67. The molecule has 2 heterocycles. The van der Waals surface area contributed by atoms with Gasteiger partial charge in [-0.15, -0.1) is 0 Å². The minimum Gasteiger partial charge on any atom is -0.481 e. The van der Waals surface area contributed by atoms with E-state index < -0.39 is 17.1 Å². The fourth-order valence-corrected chi connectivity index (χ4v) is 5.01. The summed E-state index contributed by atoms with van der Waals surface area (Å²) in [5.41, 5.74) is -0.939. The minimum absolute atomic E-state index is 0.107. The predicted octanol–water partition coefficient (Wildman–Crippen LogP) is 3.11. The van der Waals surface area contributed by atoms with Gasteiger partial charge in [0.1, 0.15) is 5.60 Å². The number of fused-ring (bicyclic) bond motifs is 1. The standard InChI is InChI=1S/C19H32N2O4/c1-18(2,3)25-17(24)20-12-19(13-20,11-16(22)23)21-10-6-8-14-7-4-5-9-15(14)21/h14-15H,4-13H2,1-3H3,(H,22,23). The van der Waals surface area contributed by atoms with Crippen molar-refractivity contribution in [2.24, 2.45) is 5.92 Å². The predicted molar refractivity (Wildman–Crippen MR) is 94.5 cm³/mol. The summed E-state index contributed by atoms with van der Waals surface area (Å²) in [5.74, 6) is -0.0782. The zero-order valence-corrected chi connectivity index (χ0v) is 15.8. The van der Waals surface area contributed by atoms with E-state index >= 15 is 0 Å². The molecule has 0 bridgehead atoms. The molecule has 2 atom stereocenters. The number of hydrogen-bond donors (Lipinski definition) is 1. The second-order valence-corrected chi connectivity index (χ2v) is 9.08. The Hall–Kier alpha value is -1.30. The highest BCUT2D eigenvalue weighted by Crippen LogP contribution is 2.43. The Kier molecular flexibility index (Phi) is 5.02. The molecule has 1 N–H and O–H groups in total. The summed E-state index contributed by atoms with van der Waals surface area (Å²) >= 11 is 0. The van der Waals surface area contributed by atoms with E-state index in [0.717, 1.165) is 13.0 Å². The maximum absolute atomic E-state index is 12.3. The van der Waals surface area contributed by atoms with Gasteiger partial charge >= 0.3 is 12.1 Å². The highest BCUT2D eigenvalue weighted by Gasteiger charge is 2.55. The molecule has 1 aliphatic carbocycles. The van der Waals surface area contributed by atoms with Crippen LogP contribution in [-0.2, 0) is 9.53 Å².